The molecule has 0 bridgehead atoms. The van der Waals surface area contributed by atoms with E-state index in [0.717, 1.165) is 6.54 Å². The molecule has 2 heteroatoms. The molecular formula is C16H26N2. The van der Waals surface area contributed by atoms with Gasteiger partial charge in [0.15, 0.2) is 0 Å². The van der Waals surface area contributed by atoms with E-state index in [0.29, 0.717) is 18.1 Å². The Morgan fingerprint density at radius 2 is 2.06 bits per heavy atom. The summed E-state index contributed by atoms with van der Waals surface area (Å²) >= 11 is 0. The molecule has 0 radical (unpaired) electrons. The number of hydrogen-bond donors (Lipinski definition) is 1. The van der Waals surface area contributed by atoms with Crippen LogP contribution in [0.3, 0.4) is 0 Å². The van der Waals surface area contributed by atoms with Gasteiger partial charge in [0.25, 0.3) is 0 Å². The Balaban J connectivity index is 2.05. The summed E-state index contributed by atoms with van der Waals surface area (Å²) in [5.41, 5.74) is 1.43. The summed E-state index contributed by atoms with van der Waals surface area (Å²) in [6.07, 6.45) is 2.55. The number of hydrogen-bond acceptors (Lipinski definition) is 2. The van der Waals surface area contributed by atoms with Gasteiger partial charge in [-0.25, -0.2) is 0 Å². The highest BCUT2D eigenvalue weighted by atomic mass is 15.2. The van der Waals surface area contributed by atoms with Crippen LogP contribution in [0, 0.1) is 0 Å². The van der Waals surface area contributed by atoms with Crippen LogP contribution >= 0.6 is 0 Å². The van der Waals surface area contributed by atoms with Gasteiger partial charge >= 0.3 is 0 Å². The summed E-state index contributed by atoms with van der Waals surface area (Å²) in [5.74, 6) is 0. The minimum atomic E-state index is 0.516. The predicted molar refractivity (Wildman–Crippen MR) is 77.7 cm³/mol. The van der Waals surface area contributed by atoms with E-state index in [1.54, 1.807) is 0 Å². The first-order valence-electron chi connectivity index (χ1n) is 7.26. The first-order valence-corrected chi connectivity index (χ1v) is 7.26. The van der Waals surface area contributed by atoms with Gasteiger partial charge in [-0.05, 0) is 25.8 Å². The summed E-state index contributed by atoms with van der Waals surface area (Å²) in [6, 6.07) is 12.7. The molecule has 0 spiro atoms. The molecule has 0 saturated carbocycles. The van der Waals surface area contributed by atoms with E-state index >= 15 is 0 Å². The second-order valence-electron chi connectivity index (χ2n) is 5.53. The maximum atomic E-state index is 3.66. The third kappa shape index (κ3) is 3.12. The van der Waals surface area contributed by atoms with Crippen molar-refractivity contribution in [1.82, 2.24) is 10.2 Å². The van der Waals surface area contributed by atoms with Crippen molar-refractivity contribution in [1.29, 1.82) is 0 Å². The van der Waals surface area contributed by atoms with Crippen LogP contribution in [0.2, 0.25) is 0 Å². The molecule has 1 fully saturated rings. The lowest BCUT2D eigenvalue weighted by molar-refractivity contribution is 0.0959. The highest BCUT2D eigenvalue weighted by Gasteiger charge is 2.28. The molecular weight excluding hydrogens is 220 g/mol. The lowest BCUT2D eigenvalue weighted by Crippen LogP contribution is -2.55. The molecule has 3 unspecified atom stereocenters. The fourth-order valence-electron chi connectivity index (χ4n) is 2.96. The monoisotopic (exact) mass is 246 g/mol. The van der Waals surface area contributed by atoms with Gasteiger partial charge in [-0.2, -0.15) is 0 Å². The number of benzene rings is 1. The largest absolute Gasteiger partial charge is 0.311 e. The second-order valence-corrected chi connectivity index (χ2v) is 5.53. The minimum Gasteiger partial charge on any atom is -0.311 e. The first-order chi connectivity index (χ1) is 8.72. The van der Waals surface area contributed by atoms with Crippen LogP contribution in [0.5, 0.6) is 0 Å². The third-order valence-corrected chi connectivity index (χ3v) is 4.12. The Hall–Kier alpha value is -0.860. The van der Waals surface area contributed by atoms with Gasteiger partial charge in [0.1, 0.15) is 0 Å². The summed E-state index contributed by atoms with van der Waals surface area (Å²) in [7, 11) is 0. The molecule has 2 rings (SSSR count). The van der Waals surface area contributed by atoms with Gasteiger partial charge < -0.3 is 5.32 Å². The van der Waals surface area contributed by atoms with Crippen LogP contribution in [0.4, 0.5) is 0 Å². The number of nitrogens with one attached hydrogen (secondary N) is 1. The van der Waals surface area contributed by atoms with Crippen LogP contribution in [-0.2, 0) is 0 Å². The predicted octanol–water partition coefficient (Wildman–Crippen LogP) is 3.21. The Morgan fingerprint density at radius 3 is 2.72 bits per heavy atom. The molecule has 1 aliphatic heterocycles. The number of nitrogens with zero attached hydrogens (tertiary/aromatic N) is 1. The van der Waals surface area contributed by atoms with Crippen molar-refractivity contribution in [2.45, 2.75) is 51.7 Å². The van der Waals surface area contributed by atoms with Gasteiger partial charge in [-0.3, -0.25) is 4.90 Å². The van der Waals surface area contributed by atoms with Crippen molar-refractivity contribution in [2.24, 2.45) is 0 Å². The first kappa shape index (κ1) is 13.6. The molecule has 1 aromatic carbocycles. The summed E-state index contributed by atoms with van der Waals surface area (Å²) in [6.45, 7) is 9.21. The summed E-state index contributed by atoms with van der Waals surface area (Å²) in [4.78, 5) is 2.64. The number of rotatable bonds is 4. The van der Waals surface area contributed by atoms with E-state index in [-0.39, 0.29) is 0 Å². The molecule has 1 saturated heterocycles. The minimum absolute atomic E-state index is 0.516. The van der Waals surface area contributed by atoms with E-state index in [9.17, 15) is 0 Å². The van der Waals surface area contributed by atoms with E-state index in [2.05, 4.69) is 61.3 Å². The van der Waals surface area contributed by atoms with Crippen molar-refractivity contribution < 1.29 is 0 Å². The average molecular weight is 246 g/mol. The zero-order valence-electron chi connectivity index (χ0n) is 11.9. The van der Waals surface area contributed by atoms with Gasteiger partial charge in [-0.15, -0.1) is 0 Å². The molecule has 2 nitrogen and oxygen atoms in total. The smallest absolute Gasteiger partial charge is 0.0323 e. The van der Waals surface area contributed by atoms with Gasteiger partial charge in [0.05, 0.1) is 0 Å². The van der Waals surface area contributed by atoms with Gasteiger partial charge in [-0.1, -0.05) is 43.7 Å². The molecule has 0 aliphatic carbocycles. The Morgan fingerprint density at radius 1 is 1.33 bits per heavy atom. The van der Waals surface area contributed by atoms with Crippen molar-refractivity contribution in [2.75, 3.05) is 13.1 Å². The average Bonchev–Trinajstić information content (AvgIpc) is 2.41. The Kier molecular flexibility index (Phi) is 4.79. The Labute approximate surface area is 111 Å². The maximum Gasteiger partial charge on any atom is 0.0323 e. The van der Waals surface area contributed by atoms with Crippen molar-refractivity contribution >= 4 is 0 Å². The lowest BCUT2D eigenvalue weighted by atomic mass is 10.00. The second kappa shape index (κ2) is 6.35. The maximum absolute atomic E-state index is 3.66. The summed E-state index contributed by atoms with van der Waals surface area (Å²) < 4.78 is 0. The van der Waals surface area contributed by atoms with E-state index in [1.807, 2.05) is 0 Å². The van der Waals surface area contributed by atoms with Gasteiger partial charge in [0, 0.05) is 31.2 Å². The van der Waals surface area contributed by atoms with Crippen molar-refractivity contribution in [3.8, 4) is 0 Å². The highest BCUT2D eigenvalue weighted by molar-refractivity contribution is 5.18. The van der Waals surface area contributed by atoms with Crippen LogP contribution in [0.15, 0.2) is 30.3 Å². The molecule has 0 aromatic heterocycles. The Bertz CT molecular complexity index is 349. The molecule has 1 N–H and O–H groups in total. The van der Waals surface area contributed by atoms with E-state index in [4.69, 9.17) is 0 Å². The molecule has 1 aliphatic rings. The van der Waals surface area contributed by atoms with Crippen LogP contribution in [-0.4, -0.2) is 30.1 Å². The normalized spacial score (nSPS) is 27.1. The van der Waals surface area contributed by atoms with Crippen molar-refractivity contribution in [3.63, 3.8) is 0 Å². The molecule has 3 atom stereocenters. The topological polar surface area (TPSA) is 15.3 Å². The van der Waals surface area contributed by atoms with Crippen LogP contribution in [0.1, 0.15) is 45.2 Å². The lowest BCUT2D eigenvalue weighted by Gasteiger charge is -2.42. The zero-order valence-corrected chi connectivity index (χ0v) is 11.9. The zero-order chi connectivity index (χ0) is 13.0. The van der Waals surface area contributed by atoms with Gasteiger partial charge in [0.2, 0.25) is 0 Å². The number of piperazine rings is 1. The molecule has 100 valence electrons. The SMILES string of the molecule is CCCC1CN(C(C)c2ccccc2)C(C)CN1. The van der Waals surface area contributed by atoms with E-state index in [1.165, 1.54) is 24.9 Å². The summed E-state index contributed by atoms with van der Waals surface area (Å²) in [5, 5.41) is 3.66. The molecule has 0 amide bonds. The quantitative estimate of drug-likeness (QED) is 0.877. The highest BCUT2D eigenvalue weighted by Crippen LogP contribution is 2.24. The van der Waals surface area contributed by atoms with E-state index < -0.39 is 0 Å². The standard InChI is InChI=1S/C16H26N2/c1-4-8-16-12-18(13(2)11-17-16)14(3)15-9-6-5-7-10-15/h5-7,9-10,13-14,16-17H,4,8,11-12H2,1-3H3. The van der Waals surface area contributed by atoms with Crippen molar-refractivity contribution in [3.05, 3.63) is 35.9 Å². The molecule has 1 aromatic rings. The molecule has 1 heterocycles. The van der Waals surface area contributed by atoms with Crippen LogP contribution < -0.4 is 5.32 Å². The fraction of sp³-hybridized carbons (Fsp3) is 0.625. The fourth-order valence-corrected chi connectivity index (χ4v) is 2.96. The third-order valence-electron chi connectivity index (χ3n) is 4.12. The molecule has 18 heavy (non-hydrogen) atoms. The van der Waals surface area contributed by atoms with Crippen LogP contribution in [0.25, 0.3) is 0 Å².